The Morgan fingerprint density at radius 1 is 1.15 bits per heavy atom. The van der Waals surface area contributed by atoms with Gasteiger partial charge in [-0.25, -0.2) is 9.50 Å². The molecule has 0 aliphatic heterocycles. The first-order valence-electron chi connectivity index (χ1n) is 8.27. The zero-order chi connectivity index (χ0) is 18.8. The number of hydrogen-bond acceptors (Lipinski definition) is 4. The van der Waals surface area contributed by atoms with E-state index < -0.39 is 12.7 Å². The van der Waals surface area contributed by atoms with E-state index in [0.29, 0.717) is 16.2 Å². The Morgan fingerprint density at radius 2 is 2.00 bits per heavy atom. The molecule has 0 N–H and O–H groups in total. The van der Waals surface area contributed by atoms with Crippen molar-refractivity contribution < 1.29 is 13.2 Å². The molecule has 0 radical (unpaired) electrons. The van der Waals surface area contributed by atoms with Crippen LogP contribution in [-0.2, 0) is 6.54 Å². The van der Waals surface area contributed by atoms with Crippen molar-refractivity contribution in [3.05, 3.63) is 53.2 Å². The third-order valence-corrected chi connectivity index (χ3v) is 5.01. The minimum atomic E-state index is -4.34. The molecule has 1 fully saturated rings. The van der Waals surface area contributed by atoms with Gasteiger partial charge in [0.1, 0.15) is 17.2 Å². The summed E-state index contributed by atoms with van der Waals surface area (Å²) in [5.74, 6) is 0.323. The molecular formula is C17H12ClF3N6. The average Bonchev–Trinajstić information content (AvgIpc) is 3.10. The third-order valence-electron chi connectivity index (χ3n) is 4.82. The van der Waals surface area contributed by atoms with Crippen molar-refractivity contribution in [2.45, 2.75) is 31.0 Å². The second kappa shape index (κ2) is 5.66. The van der Waals surface area contributed by atoms with Gasteiger partial charge in [0.2, 0.25) is 0 Å². The molecule has 6 nitrogen and oxygen atoms in total. The van der Waals surface area contributed by atoms with Gasteiger partial charge < -0.3 is 0 Å². The monoisotopic (exact) mass is 392 g/mol. The fraction of sp³-hybridized carbons (Fsp3) is 0.294. The predicted octanol–water partition coefficient (Wildman–Crippen LogP) is 3.96. The maximum atomic E-state index is 12.7. The number of hydrogen-bond donors (Lipinski definition) is 0. The lowest BCUT2D eigenvalue weighted by atomic mass is 10.1. The van der Waals surface area contributed by atoms with Gasteiger partial charge in [0.15, 0.2) is 5.65 Å². The maximum Gasteiger partial charge on any atom is 0.408 e. The highest BCUT2D eigenvalue weighted by Gasteiger charge is 2.42. The number of nitrogens with zero attached hydrogens (tertiary/aromatic N) is 6. The molecule has 1 aliphatic rings. The van der Waals surface area contributed by atoms with Crippen LogP contribution in [0.2, 0.25) is 5.15 Å². The molecule has 0 saturated heterocycles. The molecule has 4 aromatic heterocycles. The summed E-state index contributed by atoms with van der Waals surface area (Å²) in [6.07, 6.45) is 2.96. The summed E-state index contributed by atoms with van der Waals surface area (Å²) in [6, 6.07) is 3.55. The number of rotatable bonds is 3. The van der Waals surface area contributed by atoms with Crippen molar-refractivity contribution in [3.63, 3.8) is 0 Å². The minimum absolute atomic E-state index is 0.148. The van der Waals surface area contributed by atoms with Gasteiger partial charge in [0.25, 0.3) is 0 Å². The van der Waals surface area contributed by atoms with Crippen LogP contribution in [0.4, 0.5) is 13.2 Å². The molecule has 138 valence electrons. The van der Waals surface area contributed by atoms with Crippen molar-refractivity contribution in [3.8, 4) is 0 Å². The van der Waals surface area contributed by atoms with Crippen LogP contribution in [0.1, 0.15) is 29.4 Å². The third kappa shape index (κ3) is 2.91. The van der Waals surface area contributed by atoms with Crippen LogP contribution in [-0.4, -0.2) is 35.5 Å². The number of aromatic nitrogens is 6. The van der Waals surface area contributed by atoms with E-state index in [2.05, 4.69) is 20.2 Å². The highest BCUT2D eigenvalue weighted by atomic mass is 35.5. The van der Waals surface area contributed by atoms with Gasteiger partial charge in [0.05, 0.1) is 11.7 Å². The predicted molar refractivity (Wildman–Crippen MR) is 91.7 cm³/mol. The Hall–Kier alpha value is -2.68. The van der Waals surface area contributed by atoms with Crippen LogP contribution in [0, 0.1) is 0 Å². The van der Waals surface area contributed by atoms with Crippen molar-refractivity contribution in [2.24, 2.45) is 0 Å². The van der Waals surface area contributed by atoms with E-state index in [1.807, 2.05) is 0 Å². The standard InChI is InChI=1S/C17H12ClF3N6/c18-15-5-12(16-22-1-2-26(16)25-15)11-4-10(11)9-3-14-13(23-6-9)7-24-27(14)8-17(19,20)21/h1-3,5-7,10-11H,4,8H2/t10-,11+/m1/s1. The molecule has 5 rings (SSSR count). The summed E-state index contributed by atoms with van der Waals surface area (Å²) >= 11 is 6.10. The summed E-state index contributed by atoms with van der Waals surface area (Å²) in [7, 11) is 0. The minimum Gasteiger partial charge on any atom is -0.254 e. The molecule has 4 heterocycles. The fourth-order valence-electron chi connectivity index (χ4n) is 3.56. The van der Waals surface area contributed by atoms with Gasteiger partial charge in [-0.2, -0.15) is 23.4 Å². The summed E-state index contributed by atoms with van der Waals surface area (Å²) in [4.78, 5) is 8.61. The number of halogens is 4. The van der Waals surface area contributed by atoms with Gasteiger partial charge in [0, 0.05) is 24.2 Å². The molecule has 0 aromatic carbocycles. The number of imidazole rings is 1. The molecule has 1 aliphatic carbocycles. The second-order valence-electron chi connectivity index (χ2n) is 6.66. The number of fused-ring (bicyclic) bond motifs is 2. The molecule has 0 amide bonds. The Morgan fingerprint density at radius 3 is 2.81 bits per heavy atom. The van der Waals surface area contributed by atoms with Crippen molar-refractivity contribution in [2.75, 3.05) is 0 Å². The molecule has 0 unspecified atom stereocenters. The van der Waals surface area contributed by atoms with Crippen LogP contribution in [0.25, 0.3) is 16.7 Å². The Labute approximate surface area is 155 Å². The number of alkyl halides is 3. The van der Waals surface area contributed by atoms with Crippen molar-refractivity contribution >= 4 is 28.3 Å². The van der Waals surface area contributed by atoms with Crippen LogP contribution in [0.3, 0.4) is 0 Å². The SMILES string of the molecule is FC(F)(F)Cn1ncc2ncc([C@H]3C[C@@H]3c3cc(Cl)nn4ccnc34)cc21. The molecule has 10 heteroatoms. The van der Waals surface area contributed by atoms with E-state index in [9.17, 15) is 13.2 Å². The lowest BCUT2D eigenvalue weighted by Gasteiger charge is -2.08. The highest BCUT2D eigenvalue weighted by molar-refractivity contribution is 6.29. The lowest BCUT2D eigenvalue weighted by Crippen LogP contribution is -2.18. The summed E-state index contributed by atoms with van der Waals surface area (Å²) < 4.78 is 40.8. The van der Waals surface area contributed by atoms with E-state index in [1.165, 1.54) is 6.20 Å². The van der Waals surface area contributed by atoms with Crippen molar-refractivity contribution in [1.82, 2.24) is 29.4 Å². The van der Waals surface area contributed by atoms with E-state index >= 15 is 0 Å². The topological polar surface area (TPSA) is 60.9 Å². The van der Waals surface area contributed by atoms with E-state index in [4.69, 9.17) is 11.6 Å². The molecule has 0 bridgehead atoms. The summed E-state index contributed by atoms with van der Waals surface area (Å²) in [5, 5.41) is 8.37. The van der Waals surface area contributed by atoms with Gasteiger partial charge in [-0.3, -0.25) is 9.67 Å². The Bertz CT molecular complexity index is 1160. The van der Waals surface area contributed by atoms with Gasteiger partial charge in [-0.1, -0.05) is 11.6 Å². The Balaban J connectivity index is 1.50. The highest BCUT2D eigenvalue weighted by Crippen LogP contribution is 2.55. The molecule has 27 heavy (non-hydrogen) atoms. The summed E-state index contributed by atoms with van der Waals surface area (Å²) in [6.45, 7) is -1.13. The lowest BCUT2D eigenvalue weighted by molar-refractivity contribution is -0.141. The second-order valence-corrected chi connectivity index (χ2v) is 7.04. The van der Waals surface area contributed by atoms with Gasteiger partial charge in [-0.05, 0) is 36.0 Å². The first kappa shape index (κ1) is 16.5. The first-order chi connectivity index (χ1) is 12.9. The molecule has 1 saturated carbocycles. The van der Waals surface area contributed by atoms with E-state index in [1.54, 1.807) is 35.2 Å². The van der Waals surface area contributed by atoms with E-state index in [-0.39, 0.29) is 11.8 Å². The quantitative estimate of drug-likeness (QED) is 0.529. The first-order valence-corrected chi connectivity index (χ1v) is 8.65. The van der Waals surface area contributed by atoms with Crippen LogP contribution in [0.5, 0.6) is 0 Å². The molecular weight excluding hydrogens is 381 g/mol. The molecule has 0 spiro atoms. The van der Waals surface area contributed by atoms with Crippen molar-refractivity contribution in [1.29, 1.82) is 0 Å². The molecule has 2 atom stereocenters. The zero-order valence-electron chi connectivity index (χ0n) is 13.7. The van der Waals surface area contributed by atoms with Crippen LogP contribution < -0.4 is 0 Å². The van der Waals surface area contributed by atoms with E-state index in [0.717, 1.165) is 27.9 Å². The van der Waals surface area contributed by atoms with Gasteiger partial charge >= 0.3 is 6.18 Å². The smallest absolute Gasteiger partial charge is 0.254 e. The largest absolute Gasteiger partial charge is 0.408 e. The van der Waals surface area contributed by atoms with Crippen LogP contribution in [0.15, 0.2) is 36.9 Å². The average molecular weight is 393 g/mol. The fourth-order valence-corrected chi connectivity index (χ4v) is 3.76. The zero-order valence-corrected chi connectivity index (χ0v) is 14.5. The maximum absolute atomic E-state index is 12.7. The normalized spacial score (nSPS) is 19.9. The Kier molecular flexibility index (Phi) is 3.45. The number of pyridine rings is 1. The molecule has 4 aromatic rings. The summed E-state index contributed by atoms with van der Waals surface area (Å²) in [5.41, 5.74) is 3.43. The van der Waals surface area contributed by atoms with Gasteiger partial charge in [-0.15, -0.1) is 0 Å². The van der Waals surface area contributed by atoms with Crippen LogP contribution >= 0.6 is 11.6 Å².